The van der Waals surface area contributed by atoms with Crippen LogP contribution in [0.1, 0.15) is 25.7 Å². The molecule has 13 heavy (non-hydrogen) atoms. The molecule has 2 saturated carbocycles. The molecule has 3 atom stereocenters. The van der Waals surface area contributed by atoms with Crippen LogP contribution in [0, 0.1) is 17.8 Å². The molecule has 3 rings (SSSR count). The fourth-order valence-corrected chi connectivity index (χ4v) is 3.31. The van der Waals surface area contributed by atoms with E-state index in [0.29, 0.717) is 17.6 Å². The standard InChI is InChI=1S/C12H14O/c13-10-6-8-5-9(7-10)12-4-2-1-3-11(8)12/h1-3,8-9,12H,4-7H2/t8-,9+,12+/m1/s1. The number of hydrogen-bond acceptors (Lipinski definition) is 1. The van der Waals surface area contributed by atoms with Crippen LogP contribution in [0.3, 0.4) is 0 Å². The molecule has 68 valence electrons. The highest BCUT2D eigenvalue weighted by molar-refractivity contribution is 5.81. The highest BCUT2D eigenvalue weighted by Gasteiger charge is 2.43. The Kier molecular flexibility index (Phi) is 1.49. The Morgan fingerprint density at radius 3 is 3.15 bits per heavy atom. The molecule has 0 saturated heterocycles. The summed E-state index contributed by atoms with van der Waals surface area (Å²) >= 11 is 0. The zero-order chi connectivity index (χ0) is 8.84. The molecular weight excluding hydrogens is 160 g/mol. The smallest absolute Gasteiger partial charge is 0.133 e. The predicted octanol–water partition coefficient (Wildman–Crippen LogP) is 2.49. The molecular formula is C12H14O. The van der Waals surface area contributed by atoms with E-state index in [1.54, 1.807) is 5.57 Å². The van der Waals surface area contributed by atoms with Crippen LogP contribution in [0.5, 0.6) is 0 Å². The van der Waals surface area contributed by atoms with E-state index in [1.807, 2.05) is 0 Å². The minimum Gasteiger partial charge on any atom is -0.300 e. The number of carbonyl (C=O) groups excluding carboxylic acids is 1. The molecule has 0 radical (unpaired) electrons. The summed E-state index contributed by atoms with van der Waals surface area (Å²) in [5.74, 6) is 2.52. The van der Waals surface area contributed by atoms with Gasteiger partial charge in [0.15, 0.2) is 0 Å². The summed E-state index contributed by atoms with van der Waals surface area (Å²) in [5.41, 5.74) is 1.58. The van der Waals surface area contributed by atoms with E-state index in [2.05, 4.69) is 18.2 Å². The summed E-state index contributed by atoms with van der Waals surface area (Å²) in [6.07, 6.45) is 10.8. The van der Waals surface area contributed by atoms with Gasteiger partial charge in [-0.15, -0.1) is 0 Å². The molecule has 0 aromatic carbocycles. The third-order valence-electron chi connectivity index (χ3n) is 3.83. The van der Waals surface area contributed by atoms with E-state index >= 15 is 0 Å². The normalized spacial score (nSPS) is 41.7. The summed E-state index contributed by atoms with van der Waals surface area (Å²) < 4.78 is 0. The molecule has 0 N–H and O–H groups in total. The van der Waals surface area contributed by atoms with Crippen molar-refractivity contribution in [3.63, 3.8) is 0 Å². The topological polar surface area (TPSA) is 17.1 Å². The maximum Gasteiger partial charge on any atom is 0.133 e. The van der Waals surface area contributed by atoms with Crippen LogP contribution in [0.4, 0.5) is 0 Å². The quantitative estimate of drug-likeness (QED) is 0.551. The molecule has 1 nitrogen and oxygen atoms in total. The SMILES string of the molecule is O=C1C[C@H]2C[C@@H](C1)[C@@H]1CC=CC=C21. The molecule has 0 aromatic rings. The molecule has 3 aliphatic rings. The molecule has 3 aliphatic carbocycles. The molecule has 1 heteroatoms. The first-order chi connectivity index (χ1) is 6.34. The predicted molar refractivity (Wildman–Crippen MR) is 51.2 cm³/mol. The second-order valence-corrected chi connectivity index (χ2v) is 4.58. The average molecular weight is 174 g/mol. The van der Waals surface area contributed by atoms with Gasteiger partial charge in [-0.2, -0.15) is 0 Å². The van der Waals surface area contributed by atoms with Gasteiger partial charge in [-0.3, -0.25) is 4.79 Å². The third kappa shape index (κ3) is 1.03. The Morgan fingerprint density at radius 1 is 1.31 bits per heavy atom. The van der Waals surface area contributed by atoms with Crippen LogP contribution in [-0.2, 0) is 4.79 Å². The minimum absolute atomic E-state index is 0.497. The van der Waals surface area contributed by atoms with Crippen molar-refractivity contribution < 1.29 is 4.79 Å². The molecule has 0 amide bonds. The summed E-state index contributed by atoms with van der Waals surface area (Å²) in [6.45, 7) is 0. The van der Waals surface area contributed by atoms with Gasteiger partial charge in [0.05, 0.1) is 0 Å². The van der Waals surface area contributed by atoms with E-state index in [-0.39, 0.29) is 0 Å². The number of fused-ring (bicyclic) bond motifs is 5. The van der Waals surface area contributed by atoms with Gasteiger partial charge in [0.1, 0.15) is 5.78 Å². The third-order valence-corrected chi connectivity index (χ3v) is 3.83. The summed E-state index contributed by atoms with van der Waals surface area (Å²) in [7, 11) is 0. The lowest BCUT2D eigenvalue weighted by molar-refractivity contribution is -0.121. The van der Waals surface area contributed by atoms with E-state index in [4.69, 9.17) is 0 Å². The fourth-order valence-electron chi connectivity index (χ4n) is 3.31. The van der Waals surface area contributed by atoms with Crippen molar-refractivity contribution in [1.29, 1.82) is 0 Å². The number of rotatable bonds is 0. The average Bonchev–Trinajstić information content (AvgIpc) is 2.41. The van der Waals surface area contributed by atoms with Gasteiger partial charge in [0.25, 0.3) is 0 Å². The van der Waals surface area contributed by atoms with Crippen molar-refractivity contribution in [1.82, 2.24) is 0 Å². The van der Waals surface area contributed by atoms with E-state index in [0.717, 1.165) is 18.8 Å². The van der Waals surface area contributed by atoms with Crippen molar-refractivity contribution in [2.24, 2.45) is 17.8 Å². The highest BCUT2D eigenvalue weighted by atomic mass is 16.1. The van der Waals surface area contributed by atoms with Crippen molar-refractivity contribution in [3.05, 3.63) is 23.8 Å². The van der Waals surface area contributed by atoms with Crippen LogP contribution in [0.25, 0.3) is 0 Å². The maximum absolute atomic E-state index is 11.4. The molecule has 2 bridgehead atoms. The van der Waals surface area contributed by atoms with E-state index in [9.17, 15) is 4.79 Å². The summed E-state index contributed by atoms with van der Waals surface area (Å²) in [6, 6.07) is 0. The molecule has 0 heterocycles. The van der Waals surface area contributed by atoms with E-state index < -0.39 is 0 Å². The van der Waals surface area contributed by atoms with Crippen molar-refractivity contribution in [3.8, 4) is 0 Å². The number of hydrogen-bond donors (Lipinski definition) is 0. The molecule has 2 fully saturated rings. The number of ketones is 1. The zero-order valence-electron chi connectivity index (χ0n) is 7.70. The first kappa shape index (κ1) is 7.54. The molecule has 0 aromatic heterocycles. The fraction of sp³-hybridized carbons (Fsp3) is 0.583. The summed E-state index contributed by atoms with van der Waals surface area (Å²) in [4.78, 5) is 11.4. The van der Waals surface area contributed by atoms with Crippen LogP contribution in [-0.4, -0.2) is 5.78 Å². The Balaban J connectivity index is 1.99. The lowest BCUT2D eigenvalue weighted by Gasteiger charge is -2.19. The lowest BCUT2D eigenvalue weighted by Crippen LogP contribution is -2.16. The lowest BCUT2D eigenvalue weighted by atomic mass is 9.85. The Bertz CT molecular complexity index is 311. The van der Waals surface area contributed by atoms with Crippen LogP contribution in [0.15, 0.2) is 23.8 Å². The van der Waals surface area contributed by atoms with E-state index in [1.165, 1.54) is 12.8 Å². The first-order valence-electron chi connectivity index (χ1n) is 5.23. The van der Waals surface area contributed by atoms with Crippen LogP contribution in [0.2, 0.25) is 0 Å². The summed E-state index contributed by atoms with van der Waals surface area (Å²) in [5, 5.41) is 0. The second-order valence-electron chi connectivity index (χ2n) is 4.58. The Hall–Kier alpha value is -0.850. The maximum atomic E-state index is 11.4. The Morgan fingerprint density at radius 2 is 2.23 bits per heavy atom. The number of carbonyl (C=O) groups is 1. The largest absolute Gasteiger partial charge is 0.300 e. The second kappa shape index (κ2) is 2.57. The highest BCUT2D eigenvalue weighted by Crippen LogP contribution is 2.50. The van der Waals surface area contributed by atoms with Crippen molar-refractivity contribution in [2.75, 3.05) is 0 Å². The first-order valence-corrected chi connectivity index (χ1v) is 5.23. The van der Waals surface area contributed by atoms with Crippen molar-refractivity contribution >= 4 is 5.78 Å². The molecule has 0 unspecified atom stereocenters. The van der Waals surface area contributed by atoms with Gasteiger partial charge in [0, 0.05) is 12.8 Å². The van der Waals surface area contributed by atoms with Gasteiger partial charge in [0.2, 0.25) is 0 Å². The van der Waals surface area contributed by atoms with Gasteiger partial charge in [-0.1, -0.05) is 23.8 Å². The number of Topliss-reactive ketones (excluding diaryl/α,β-unsaturated/α-hetero) is 1. The molecule has 0 aliphatic heterocycles. The van der Waals surface area contributed by atoms with Gasteiger partial charge in [-0.25, -0.2) is 0 Å². The van der Waals surface area contributed by atoms with Crippen LogP contribution >= 0.6 is 0 Å². The van der Waals surface area contributed by atoms with Gasteiger partial charge >= 0.3 is 0 Å². The zero-order valence-corrected chi connectivity index (χ0v) is 7.70. The number of allylic oxidation sites excluding steroid dienone is 4. The van der Waals surface area contributed by atoms with Gasteiger partial charge < -0.3 is 0 Å². The van der Waals surface area contributed by atoms with Gasteiger partial charge in [-0.05, 0) is 30.6 Å². The monoisotopic (exact) mass is 174 g/mol. The Labute approximate surface area is 78.5 Å². The minimum atomic E-state index is 0.497. The van der Waals surface area contributed by atoms with Crippen molar-refractivity contribution in [2.45, 2.75) is 25.7 Å². The van der Waals surface area contributed by atoms with Crippen LogP contribution < -0.4 is 0 Å². The molecule has 0 spiro atoms.